The molecule has 0 radical (unpaired) electrons. The van der Waals surface area contributed by atoms with Crippen LogP contribution < -0.4 is 9.47 Å². The van der Waals surface area contributed by atoms with Gasteiger partial charge in [0.05, 0.1) is 14.6 Å². The Hall–Kier alpha value is -2.81. The van der Waals surface area contributed by atoms with Crippen LogP contribution in [0.15, 0.2) is 47.6 Å². The van der Waals surface area contributed by atoms with Gasteiger partial charge in [-0.15, -0.1) is 0 Å². The average molecular weight is 405 g/mol. The zero-order chi connectivity index (χ0) is 19.7. The van der Waals surface area contributed by atoms with Crippen molar-refractivity contribution in [2.75, 3.05) is 6.86 Å². The van der Waals surface area contributed by atoms with E-state index < -0.39 is 22.4 Å². The summed E-state index contributed by atoms with van der Waals surface area (Å²) in [6, 6.07) is 7.28. The number of nitrogens with one attached hydrogen (secondary N) is 1. The largest absolute Gasteiger partial charge is 0.488 e. The molecule has 9 heteroatoms. The third-order valence-electron chi connectivity index (χ3n) is 4.45. The molecule has 1 fully saturated rings. The number of fused-ring (bicyclic) bond motifs is 1. The maximum atomic E-state index is 14.0. The summed E-state index contributed by atoms with van der Waals surface area (Å²) in [5.41, 5.74) is 0.815. The van der Waals surface area contributed by atoms with Gasteiger partial charge >= 0.3 is 0 Å². The third kappa shape index (κ3) is 3.62. The van der Waals surface area contributed by atoms with Gasteiger partial charge in [-0.05, 0) is 48.7 Å². The van der Waals surface area contributed by atoms with Gasteiger partial charge in [0.25, 0.3) is 0 Å². The van der Waals surface area contributed by atoms with Crippen LogP contribution in [0.3, 0.4) is 0 Å². The molecule has 4 rings (SSSR count). The monoisotopic (exact) mass is 405 g/mol. The predicted molar refractivity (Wildman–Crippen MR) is 99.0 cm³/mol. The van der Waals surface area contributed by atoms with Crippen LogP contribution in [0.5, 0.6) is 11.6 Å². The Kier molecular flexibility index (Phi) is 4.84. The first kappa shape index (κ1) is 18.5. The van der Waals surface area contributed by atoms with E-state index in [4.69, 9.17) is 14.3 Å². The number of hydrogen-bond acceptors (Lipinski definition) is 6. The summed E-state index contributed by atoms with van der Waals surface area (Å²) in [4.78, 5) is 8.28. The minimum atomic E-state index is -3.01. The molecule has 3 aromatic rings. The highest BCUT2D eigenvalue weighted by Crippen LogP contribution is 2.35. The maximum absolute atomic E-state index is 14.0. The molecular weight excluding hydrogens is 388 g/mol. The molecule has 146 valence electrons. The number of aromatic nitrogens is 2. The molecule has 1 N–H and O–H groups in total. The summed E-state index contributed by atoms with van der Waals surface area (Å²) in [7, 11) is -3.01. The van der Waals surface area contributed by atoms with E-state index in [1.165, 1.54) is 18.5 Å². The van der Waals surface area contributed by atoms with E-state index in [-0.39, 0.29) is 22.6 Å². The van der Waals surface area contributed by atoms with Gasteiger partial charge in [0, 0.05) is 23.0 Å². The summed E-state index contributed by atoms with van der Waals surface area (Å²) in [5.74, 6) is -0.0632. The fourth-order valence-corrected chi connectivity index (χ4v) is 4.74. The Labute approximate surface area is 160 Å². The minimum Gasteiger partial charge on any atom is -0.488 e. The molecule has 1 aromatic carbocycles. The first-order chi connectivity index (χ1) is 13.5. The maximum Gasteiger partial charge on any atom is 0.243 e. The Balaban J connectivity index is 1.62. The lowest BCUT2D eigenvalue weighted by molar-refractivity contribution is 0.187. The number of nitrogens with zero attached hydrogens (tertiary/aromatic N) is 2. The zero-order valence-corrected chi connectivity index (χ0v) is 15.5. The quantitative estimate of drug-likeness (QED) is 0.636. The lowest BCUT2D eigenvalue weighted by Crippen LogP contribution is -2.07. The summed E-state index contributed by atoms with van der Waals surface area (Å²) < 4.78 is 57.9. The molecule has 28 heavy (non-hydrogen) atoms. The van der Waals surface area contributed by atoms with Crippen molar-refractivity contribution in [2.45, 2.75) is 29.6 Å². The summed E-state index contributed by atoms with van der Waals surface area (Å²) in [5, 5.41) is 0.369. The van der Waals surface area contributed by atoms with Crippen LogP contribution in [0.25, 0.3) is 10.9 Å². The normalized spacial score (nSPS) is 15.9. The van der Waals surface area contributed by atoms with Crippen molar-refractivity contribution < 1.29 is 22.5 Å². The van der Waals surface area contributed by atoms with Crippen molar-refractivity contribution in [3.8, 4) is 11.6 Å². The van der Waals surface area contributed by atoms with Crippen molar-refractivity contribution in [1.29, 1.82) is 4.78 Å². The molecule has 0 bridgehead atoms. The van der Waals surface area contributed by atoms with Gasteiger partial charge in [0.2, 0.25) is 12.7 Å². The van der Waals surface area contributed by atoms with Crippen LogP contribution >= 0.6 is 0 Å². The average Bonchev–Trinajstić information content (AvgIpc) is 3.52. The lowest BCUT2D eigenvalue weighted by atomic mass is 10.2. The third-order valence-corrected chi connectivity index (χ3v) is 6.79. The van der Waals surface area contributed by atoms with Crippen molar-refractivity contribution in [3.63, 3.8) is 0 Å². The Morgan fingerprint density at radius 3 is 2.68 bits per heavy atom. The number of halogens is 2. The van der Waals surface area contributed by atoms with Gasteiger partial charge in [-0.25, -0.2) is 22.8 Å². The summed E-state index contributed by atoms with van der Waals surface area (Å²) in [6.07, 6.45) is 4.38. The molecular formula is C19H17F2N3O3S. The van der Waals surface area contributed by atoms with Crippen LogP contribution in [-0.2, 0) is 16.3 Å². The van der Waals surface area contributed by atoms with Crippen molar-refractivity contribution in [1.82, 2.24) is 9.97 Å². The highest BCUT2D eigenvalue weighted by molar-refractivity contribution is 7.93. The van der Waals surface area contributed by atoms with E-state index in [1.807, 2.05) is 0 Å². The molecule has 0 saturated heterocycles. The first-order valence-electron chi connectivity index (χ1n) is 8.61. The summed E-state index contributed by atoms with van der Waals surface area (Å²) in [6.45, 7) is -1.02. The fraction of sp³-hybridized carbons (Fsp3) is 0.263. The smallest absolute Gasteiger partial charge is 0.243 e. The molecule has 2 aromatic heterocycles. The highest BCUT2D eigenvalue weighted by atomic mass is 32.2. The topological polar surface area (TPSA) is 85.2 Å². The van der Waals surface area contributed by atoms with Gasteiger partial charge in [-0.3, -0.25) is 4.98 Å². The molecule has 6 nitrogen and oxygen atoms in total. The Morgan fingerprint density at radius 2 is 1.93 bits per heavy atom. The van der Waals surface area contributed by atoms with Crippen LogP contribution in [0.2, 0.25) is 0 Å². The van der Waals surface area contributed by atoms with Gasteiger partial charge in [-0.2, -0.15) is 0 Å². The number of benzene rings is 1. The van der Waals surface area contributed by atoms with E-state index in [0.29, 0.717) is 22.2 Å². The van der Waals surface area contributed by atoms with Crippen molar-refractivity contribution >= 4 is 20.6 Å². The van der Waals surface area contributed by atoms with E-state index >= 15 is 0 Å². The second kappa shape index (κ2) is 7.31. The van der Waals surface area contributed by atoms with Crippen molar-refractivity contribution in [2.24, 2.45) is 0 Å². The Bertz CT molecular complexity index is 1130. The van der Waals surface area contributed by atoms with E-state index in [9.17, 15) is 13.0 Å². The number of alkyl halides is 1. The van der Waals surface area contributed by atoms with Gasteiger partial charge < -0.3 is 9.47 Å². The number of ether oxygens (including phenoxy) is 2. The molecule has 0 aliphatic heterocycles. The fourth-order valence-electron chi connectivity index (χ4n) is 2.94. The van der Waals surface area contributed by atoms with Crippen LogP contribution in [0.1, 0.15) is 18.4 Å². The minimum absolute atomic E-state index is 0.00564. The molecule has 1 atom stereocenters. The molecule has 1 aliphatic carbocycles. The second-order valence-corrected chi connectivity index (χ2v) is 8.80. The highest BCUT2D eigenvalue weighted by Gasteiger charge is 2.34. The number of pyridine rings is 2. The van der Waals surface area contributed by atoms with Gasteiger partial charge in [0.15, 0.2) is 0 Å². The summed E-state index contributed by atoms with van der Waals surface area (Å²) >= 11 is 0. The van der Waals surface area contributed by atoms with Crippen LogP contribution in [0, 0.1) is 10.6 Å². The first-order valence-corrected chi connectivity index (χ1v) is 10.2. The molecule has 2 heterocycles. The van der Waals surface area contributed by atoms with Crippen molar-refractivity contribution in [3.05, 3.63) is 54.1 Å². The Morgan fingerprint density at radius 1 is 1.14 bits per heavy atom. The van der Waals surface area contributed by atoms with Gasteiger partial charge in [-0.1, -0.05) is 0 Å². The second-order valence-electron chi connectivity index (χ2n) is 6.46. The van der Waals surface area contributed by atoms with Crippen LogP contribution in [-0.4, -0.2) is 26.3 Å². The van der Waals surface area contributed by atoms with Crippen LogP contribution in [0.4, 0.5) is 8.78 Å². The predicted octanol–water partition coefficient (Wildman–Crippen LogP) is 4.22. The molecule has 1 saturated carbocycles. The lowest BCUT2D eigenvalue weighted by Gasteiger charge is -2.12. The molecule has 0 amide bonds. The SMILES string of the molecule is N=[S@](=O)(c1cc(F)cc(COc2ccnc3c(OCF)nccc23)c1)C1CC1. The van der Waals surface area contributed by atoms with E-state index in [2.05, 4.69) is 9.97 Å². The standard InChI is InChI=1S/C19H17F2N3O3S/c20-11-27-19-18-16(3-5-24-19)17(4-6-23-18)26-10-12-7-13(21)9-15(8-12)28(22,25)14-1-2-14/h3-9,14,22H,1-2,10-11H2/t28-/m1/s1. The number of hydrogen-bond donors (Lipinski definition) is 1. The van der Waals surface area contributed by atoms with E-state index in [0.717, 1.165) is 18.9 Å². The molecule has 1 aliphatic rings. The number of rotatable bonds is 7. The molecule has 0 unspecified atom stereocenters. The van der Waals surface area contributed by atoms with Gasteiger partial charge in [0.1, 0.15) is 23.7 Å². The zero-order valence-electron chi connectivity index (χ0n) is 14.7. The van der Waals surface area contributed by atoms with E-state index in [1.54, 1.807) is 18.2 Å². The molecule has 0 spiro atoms.